The smallest absolute Gasteiger partial charge is 0.390 e. The molecule has 1 aromatic rings. The van der Waals surface area contributed by atoms with Gasteiger partial charge in [-0.15, -0.1) is 0 Å². The Bertz CT molecular complexity index is 1080. The molecule has 3 rings (SSSR count). The van der Waals surface area contributed by atoms with Crippen molar-refractivity contribution in [1.82, 2.24) is 9.55 Å². The number of fused-ring (bicyclic) bond motifs is 1. The molecule has 0 amide bonds. The van der Waals surface area contributed by atoms with Gasteiger partial charge in [-0.3, -0.25) is 27.9 Å². The van der Waals surface area contributed by atoms with E-state index in [1.165, 1.54) is 6.92 Å². The van der Waals surface area contributed by atoms with Crippen LogP contribution in [0.1, 0.15) is 72.9 Å². The average Bonchev–Trinajstić information content (AvgIpc) is 3.13. The summed E-state index contributed by atoms with van der Waals surface area (Å²) in [6.07, 6.45) is -3.37. The van der Waals surface area contributed by atoms with Gasteiger partial charge in [-0.25, -0.2) is 9.36 Å². The SMILES string of the molecule is Cc1c(CO)n([C@@H]2O[C@H](COP(=O)(OC(C)(C)C)OC(C)(C)C)[C@H]3OC(C)(C)O[C@H]32)c(=O)[nH]c1=O. The molecule has 2 saturated heterocycles. The van der Waals surface area contributed by atoms with Crippen molar-refractivity contribution in [3.05, 3.63) is 32.1 Å². The number of aromatic amines is 1. The Morgan fingerprint density at radius 2 is 1.60 bits per heavy atom. The zero-order valence-electron chi connectivity index (χ0n) is 21.7. The summed E-state index contributed by atoms with van der Waals surface area (Å²) in [5.41, 5.74) is -2.75. The molecule has 2 aliphatic heterocycles. The van der Waals surface area contributed by atoms with E-state index in [4.69, 9.17) is 27.8 Å². The van der Waals surface area contributed by atoms with Crippen molar-refractivity contribution in [1.29, 1.82) is 0 Å². The lowest BCUT2D eigenvalue weighted by atomic mass is 10.1. The second kappa shape index (κ2) is 9.50. The molecule has 0 saturated carbocycles. The molecule has 13 heteroatoms. The summed E-state index contributed by atoms with van der Waals surface area (Å²) < 4.78 is 49.8. The Kier molecular flexibility index (Phi) is 7.65. The van der Waals surface area contributed by atoms with Crippen molar-refractivity contribution < 1.29 is 37.5 Å². The zero-order chi connectivity index (χ0) is 26.6. The van der Waals surface area contributed by atoms with Crippen molar-refractivity contribution in [3.8, 4) is 0 Å². The Morgan fingerprint density at radius 3 is 2.11 bits per heavy atom. The third-order valence-electron chi connectivity index (χ3n) is 5.20. The van der Waals surface area contributed by atoms with E-state index in [0.29, 0.717) is 0 Å². The number of nitrogens with one attached hydrogen (secondary N) is 1. The lowest BCUT2D eigenvalue weighted by Gasteiger charge is -2.32. The Labute approximate surface area is 204 Å². The van der Waals surface area contributed by atoms with E-state index in [1.807, 2.05) is 0 Å². The van der Waals surface area contributed by atoms with Crippen LogP contribution in [0.4, 0.5) is 0 Å². The Balaban J connectivity index is 1.94. The number of rotatable bonds is 7. The van der Waals surface area contributed by atoms with Crippen LogP contribution < -0.4 is 11.2 Å². The maximum Gasteiger partial charge on any atom is 0.475 e. The highest BCUT2D eigenvalue weighted by molar-refractivity contribution is 7.48. The van der Waals surface area contributed by atoms with Gasteiger partial charge in [0.25, 0.3) is 5.56 Å². The predicted molar refractivity (Wildman–Crippen MR) is 125 cm³/mol. The van der Waals surface area contributed by atoms with Gasteiger partial charge in [0.05, 0.1) is 30.1 Å². The van der Waals surface area contributed by atoms with Gasteiger partial charge in [-0.05, 0) is 62.3 Å². The number of phosphoric ester groups is 1. The number of nitrogens with zero attached hydrogens (tertiary/aromatic N) is 1. The molecule has 0 spiro atoms. The molecule has 200 valence electrons. The Morgan fingerprint density at radius 1 is 1.06 bits per heavy atom. The van der Waals surface area contributed by atoms with Crippen LogP contribution in [0.3, 0.4) is 0 Å². The number of hydrogen-bond donors (Lipinski definition) is 2. The number of aromatic nitrogens is 2. The standard InChI is InChI=1S/C22H37N2O10P/c1-12-13(10-25)24(19(27)23-17(12)26)18-16-15(31-22(8,9)32-16)14(30-18)11-29-35(28,33-20(2,3)4)34-21(5,6)7/h14-16,18,25H,10-11H2,1-9H3,(H,23,26,27)/t14-,15-,16-,18-/m1/s1. The van der Waals surface area contributed by atoms with Crippen LogP contribution >= 0.6 is 7.82 Å². The first-order chi connectivity index (χ1) is 15.8. The maximum atomic E-state index is 13.5. The van der Waals surface area contributed by atoms with Crippen LogP contribution in [-0.2, 0) is 39.0 Å². The van der Waals surface area contributed by atoms with Gasteiger partial charge in [-0.1, -0.05) is 0 Å². The molecule has 4 atom stereocenters. The zero-order valence-corrected chi connectivity index (χ0v) is 22.6. The molecule has 1 aromatic heterocycles. The number of H-pyrrole nitrogens is 1. The van der Waals surface area contributed by atoms with Crippen molar-refractivity contribution in [3.63, 3.8) is 0 Å². The van der Waals surface area contributed by atoms with Crippen molar-refractivity contribution in [2.45, 2.75) is 110 Å². The molecule has 2 aliphatic rings. The van der Waals surface area contributed by atoms with Crippen LogP contribution in [0.25, 0.3) is 0 Å². The minimum atomic E-state index is -4.05. The molecule has 0 unspecified atom stereocenters. The van der Waals surface area contributed by atoms with Crippen LogP contribution in [-0.4, -0.2) is 56.6 Å². The summed E-state index contributed by atoms with van der Waals surface area (Å²) in [6, 6.07) is 0. The second-order valence-electron chi connectivity index (χ2n) is 11.1. The second-order valence-corrected chi connectivity index (χ2v) is 12.7. The van der Waals surface area contributed by atoms with Crippen LogP contribution in [0, 0.1) is 6.92 Å². The fourth-order valence-electron chi connectivity index (χ4n) is 4.06. The topological polar surface area (TPSA) is 148 Å². The summed E-state index contributed by atoms with van der Waals surface area (Å²) in [4.78, 5) is 27.0. The normalized spacial score (nSPS) is 26.8. The summed E-state index contributed by atoms with van der Waals surface area (Å²) in [6.45, 7) is 14.5. The van der Waals surface area contributed by atoms with Crippen LogP contribution in [0.15, 0.2) is 9.59 Å². The first-order valence-corrected chi connectivity index (χ1v) is 12.9. The van der Waals surface area contributed by atoms with Gasteiger partial charge in [0.2, 0.25) is 0 Å². The summed E-state index contributed by atoms with van der Waals surface area (Å²) >= 11 is 0. The van der Waals surface area contributed by atoms with Gasteiger partial charge in [-0.2, -0.15) is 0 Å². The number of phosphoric acid groups is 1. The van der Waals surface area contributed by atoms with E-state index in [-0.39, 0.29) is 17.9 Å². The fraction of sp³-hybridized carbons (Fsp3) is 0.818. The predicted octanol–water partition coefficient (Wildman–Crippen LogP) is 2.51. The van der Waals surface area contributed by atoms with E-state index >= 15 is 0 Å². The van der Waals surface area contributed by atoms with Gasteiger partial charge >= 0.3 is 13.5 Å². The minimum absolute atomic E-state index is 0.0928. The number of hydrogen-bond acceptors (Lipinski definition) is 10. The molecule has 12 nitrogen and oxygen atoms in total. The third-order valence-corrected chi connectivity index (χ3v) is 7.21. The van der Waals surface area contributed by atoms with Gasteiger partial charge in [0, 0.05) is 5.56 Å². The van der Waals surface area contributed by atoms with E-state index in [1.54, 1.807) is 55.4 Å². The fourth-order valence-corrected chi connectivity index (χ4v) is 5.87. The molecule has 0 aromatic carbocycles. The average molecular weight is 521 g/mol. The van der Waals surface area contributed by atoms with Crippen molar-refractivity contribution >= 4 is 7.82 Å². The highest BCUT2D eigenvalue weighted by atomic mass is 31.2. The number of aliphatic hydroxyl groups excluding tert-OH is 1. The quantitative estimate of drug-likeness (QED) is 0.514. The molecular weight excluding hydrogens is 483 g/mol. The van der Waals surface area contributed by atoms with Crippen molar-refractivity contribution in [2.75, 3.05) is 6.61 Å². The minimum Gasteiger partial charge on any atom is -0.390 e. The maximum absolute atomic E-state index is 13.5. The molecule has 2 fully saturated rings. The molecule has 3 heterocycles. The lowest BCUT2D eigenvalue weighted by Crippen LogP contribution is -2.41. The molecular formula is C22H37N2O10P. The number of aliphatic hydroxyl groups is 1. The lowest BCUT2D eigenvalue weighted by molar-refractivity contribution is -0.201. The molecule has 0 radical (unpaired) electrons. The van der Waals surface area contributed by atoms with Crippen LogP contribution in [0.5, 0.6) is 0 Å². The monoisotopic (exact) mass is 520 g/mol. The highest BCUT2D eigenvalue weighted by Crippen LogP contribution is 2.56. The summed E-state index contributed by atoms with van der Waals surface area (Å²) in [5, 5.41) is 9.91. The van der Waals surface area contributed by atoms with E-state index < -0.39 is 67.2 Å². The number of ether oxygens (including phenoxy) is 3. The first-order valence-electron chi connectivity index (χ1n) is 11.5. The van der Waals surface area contributed by atoms with E-state index in [2.05, 4.69) is 4.98 Å². The molecule has 35 heavy (non-hydrogen) atoms. The molecule has 0 bridgehead atoms. The summed E-state index contributed by atoms with van der Waals surface area (Å²) in [7, 11) is -4.05. The van der Waals surface area contributed by atoms with Gasteiger partial charge in [0.15, 0.2) is 12.0 Å². The first kappa shape index (κ1) is 28.2. The van der Waals surface area contributed by atoms with E-state index in [0.717, 1.165) is 4.57 Å². The largest absolute Gasteiger partial charge is 0.475 e. The van der Waals surface area contributed by atoms with E-state index in [9.17, 15) is 19.3 Å². The van der Waals surface area contributed by atoms with Crippen molar-refractivity contribution in [2.24, 2.45) is 0 Å². The molecule has 0 aliphatic carbocycles. The van der Waals surface area contributed by atoms with Gasteiger partial charge < -0.3 is 19.3 Å². The molecule has 2 N–H and O–H groups in total. The van der Waals surface area contributed by atoms with Gasteiger partial charge in [0.1, 0.15) is 18.3 Å². The third kappa shape index (κ3) is 6.50. The highest BCUT2D eigenvalue weighted by Gasteiger charge is 2.57. The van der Waals surface area contributed by atoms with Crippen LogP contribution in [0.2, 0.25) is 0 Å². The summed E-state index contributed by atoms with van der Waals surface area (Å²) in [5.74, 6) is -1.01. The Hall–Kier alpha value is -1.37.